The van der Waals surface area contributed by atoms with E-state index in [1.807, 2.05) is 0 Å². The Kier molecular flexibility index (Phi) is 14.8. The number of carbonyl (C=O) groups is 4. The van der Waals surface area contributed by atoms with Crippen molar-refractivity contribution in [2.45, 2.75) is 93.6 Å². The molecule has 76 heavy (non-hydrogen) atoms. The molecule has 3 aromatic heterocycles. The molecule has 0 unspecified atom stereocenters. The number of anilines is 1. The van der Waals surface area contributed by atoms with Crippen LogP contribution < -0.4 is 14.9 Å². The maximum Gasteiger partial charge on any atom is 0.435 e. The van der Waals surface area contributed by atoms with Crippen LogP contribution in [-0.4, -0.2) is 105 Å². The van der Waals surface area contributed by atoms with Gasteiger partial charge in [-0.25, -0.2) is 40.2 Å². The Morgan fingerprint density at radius 2 is 1.54 bits per heavy atom. The molecule has 0 radical (unpaired) electrons. The quantitative estimate of drug-likeness (QED) is 0.0605. The number of carboxylic acid groups (broad SMARTS) is 2. The van der Waals surface area contributed by atoms with Gasteiger partial charge in [0.2, 0.25) is 15.9 Å². The lowest BCUT2D eigenvalue weighted by Gasteiger charge is -2.34. The van der Waals surface area contributed by atoms with Crippen LogP contribution in [0.1, 0.15) is 79.0 Å². The molecule has 3 amide bonds. The molecule has 408 valence electrons. The number of hydrogen-bond acceptors (Lipinski definition) is 11. The number of urea groups is 1. The number of sulfonamides is 1. The summed E-state index contributed by atoms with van der Waals surface area (Å²) in [6.07, 6.45) is -11.7. The largest absolute Gasteiger partial charge is 0.481 e. The lowest BCUT2D eigenvalue weighted by Crippen LogP contribution is -2.50. The molecule has 0 aliphatic heterocycles. The Morgan fingerprint density at radius 1 is 0.908 bits per heavy atom. The number of sulfone groups is 1. The van der Waals surface area contributed by atoms with E-state index in [0.717, 1.165) is 42.7 Å². The molecule has 1 saturated carbocycles. The Bertz CT molecular complexity index is 3520. The number of hydrogen-bond donors (Lipinski definition) is 4. The smallest absolute Gasteiger partial charge is 0.435 e. The number of amides is 3. The molecule has 31 heteroatoms. The molecule has 7 rings (SSSR count). The summed E-state index contributed by atoms with van der Waals surface area (Å²) in [6, 6.07) is -0.130. The van der Waals surface area contributed by atoms with Crippen molar-refractivity contribution in [1.29, 1.82) is 0 Å². The Morgan fingerprint density at radius 3 is 2.08 bits per heavy atom. The zero-order valence-corrected chi connectivity index (χ0v) is 41.8. The zero-order chi connectivity index (χ0) is 56.6. The third kappa shape index (κ3) is 11.4. The summed E-state index contributed by atoms with van der Waals surface area (Å²) >= 11 is 6.57. The number of aromatic nitrogens is 5. The third-order valence-electron chi connectivity index (χ3n) is 12.5. The van der Waals surface area contributed by atoms with E-state index in [0.29, 0.717) is 12.3 Å². The summed E-state index contributed by atoms with van der Waals surface area (Å²) in [5.41, 5.74) is -6.63. The van der Waals surface area contributed by atoms with Crippen LogP contribution in [0.4, 0.5) is 54.5 Å². The number of benzene rings is 2. The first-order valence-electron chi connectivity index (χ1n) is 21.9. The van der Waals surface area contributed by atoms with Gasteiger partial charge >= 0.3 is 30.3 Å². The average Bonchev–Trinajstić information content (AvgIpc) is 3.83. The lowest BCUT2D eigenvalue weighted by atomic mass is 9.73. The molecule has 0 spiro atoms. The lowest BCUT2D eigenvalue weighted by molar-refractivity contribution is -0.145. The van der Waals surface area contributed by atoms with Crippen LogP contribution in [0.2, 0.25) is 5.02 Å². The van der Waals surface area contributed by atoms with Crippen molar-refractivity contribution in [3.63, 3.8) is 0 Å². The van der Waals surface area contributed by atoms with E-state index in [4.69, 9.17) is 11.6 Å². The van der Waals surface area contributed by atoms with Crippen LogP contribution in [0.5, 0.6) is 0 Å². The van der Waals surface area contributed by atoms with E-state index in [-0.39, 0.29) is 37.8 Å². The van der Waals surface area contributed by atoms with Gasteiger partial charge in [-0.15, -0.1) is 0 Å². The maximum atomic E-state index is 15.9. The number of alkyl halides is 8. The van der Waals surface area contributed by atoms with Crippen LogP contribution in [0, 0.1) is 29.4 Å². The highest BCUT2D eigenvalue weighted by Gasteiger charge is 2.63. The molecule has 2 aliphatic carbocycles. The van der Waals surface area contributed by atoms with Gasteiger partial charge in [-0.2, -0.15) is 49.6 Å². The number of rotatable bonds is 15. The Balaban J connectivity index is 1.49. The number of fused-ring (bicyclic) bond motifs is 4. The molecule has 1 fully saturated rings. The van der Waals surface area contributed by atoms with Gasteiger partial charge in [0.1, 0.15) is 46.9 Å². The van der Waals surface area contributed by atoms with Crippen LogP contribution >= 0.6 is 11.6 Å². The molecule has 0 saturated heterocycles. The van der Waals surface area contributed by atoms with Crippen molar-refractivity contribution in [1.82, 2.24) is 35.2 Å². The first-order chi connectivity index (χ1) is 34.9. The molecule has 0 bridgehead atoms. The molecular formula is C45H39ClF10N8O10S2. The molecule has 2 aromatic carbocycles. The number of nitrogens with zero attached hydrogens (tertiary/aromatic N) is 6. The molecule has 2 aliphatic rings. The molecule has 4 atom stereocenters. The number of carbonyl (C=O) groups excluding carboxylic acids is 2. The fourth-order valence-electron chi connectivity index (χ4n) is 8.75. The van der Waals surface area contributed by atoms with E-state index in [9.17, 15) is 81.4 Å². The van der Waals surface area contributed by atoms with E-state index in [2.05, 4.69) is 32.3 Å². The van der Waals surface area contributed by atoms with E-state index in [1.165, 1.54) is 13.8 Å². The summed E-state index contributed by atoms with van der Waals surface area (Å²) in [7, 11) is -9.08. The monoisotopic (exact) mass is 1140 g/mol. The van der Waals surface area contributed by atoms with Gasteiger partial charge in [-0.05, 0) is 80.8 Å². The summed E-state index contributed by atoms with van der Waals surface area (Å²) in [4.78, 5) is 55.8. The molecule has 3 heterocycles. The minimum atomic E-state index is -5.27. The van der Waals surface area contributed by atoms with Crippen molar-refractivity contribution in [2.75, 3.05) is 16.8 Å². The van der Waals surface area contributed by atoms with Gasteiger partial charge in [0.25, 0.3) is 5.92 Å². The summed E-state index contributed by atoms with van der Waals surface area (Å²) < 4.78 is 198. The van der Waals surface area contributed by atoms with E-state index in [1.54, 1.807) is 5.32 Å². The number of carboxylic acids is 2. The second-order valence-electron chi connectivity index (χ2n) is 18.3. The van der Waals surface area contributed by atoms with Gasteiger partial charge < -0.3 is 20.8 Å². The highest BCUT2D eigenvalue weighted by Crippen LogP contribution is 2.64. The number of halogens is 11. The van der Waals surface area contributed by atoms with E-state index >= 15 is 8.78 Å². The highest BCUT2D eigenvalue weighted by atomic mass is 35.5. The topological polar surface area (TPSA) is 253 Å². The van der Waals surface area contributed by atoms with Crippen LogP contribution in [0.15, 0.2) is 42.5 Å². The van der Waals surface area contributed by atoms with Gasteiger partial charge in [-0.1, -0.05) is 23.6 Å². The van der Waals surface area contributed by atoms with Crippen LogP contribution in [0.25, 0.3) is 22.0 Å². The van der Waals surface area contributed by atoms with Gasteiger partial charge in [0, 0.05) is 34.9 Å². The first kappa shape index (κ1) is 56.7. The standard InChI is InChI=1S/C45H39ClF10N8O10S2/c1-42(2,75(3,71)72)12-11-23-5-6-24(25-8-10-28(46)34-36(25)63(19-43(49,50)51)61-39(34)64(76(4,73)74)41(70)59-30(40(68)69)17-32(66)67)35(57-23)29(15-20-13-21(47)16-22(48)14-20)58-31(65)18-62-38-33(37(60-62)45(54,55)56)26-7-9-27(26)44(38,52)53/h5-6,8,10,13-14,16,26-27,29-30H,7,9,15,17-19H2,1-4H3,(H,58,65)(H,59,70)(H,66,67)(H,68,69)/t26-,27+,29-,30-/m0/s1. The predicted octanol–water partition coefficient (Wildman–Crippen LogP) is 7.08. The second-order valence-corrected chi connectivity index (χ2v) is 23.1. The number of nitrogens with one attached hydrogen (secondary N) is 2. The van der Waals surface area contributed by atoms with Crippen LogP contribution in [0.3, 0.4) is 0 Å². The molecular weight excluding hydrogens is 1100 g/mol. The summed E-state index contributed by atoms with van der Waals surface area (Å²) in [6.45, 7) is -1.09. The van der Waals surface area contributed by atoms with Crippen molar-refractivity contribution in [3.8, 4) is 23.0 Å². The van der Waals surface area contributed by atoms with Crippen molar-refractivity contribution in [3.05, 3.63) is 93.0 Å². The summed E-state index contributed by atoms with van der Waals surface area (Å²) in [5, 5.41) is 28.6. The highest BCUT2D eigenvalue weighted by molar-refractivity contribution is 7.93. The fourth-order valence-corrected chi connectivity index (χ4v) is 10.0. The minimum Gasteiger partial charge on any atom is -0.481 e. The number of aliphatic carboxylic acids is 2. The van der Waals surface area contributed by atoms with Crippen LogP contribution in [-0.2, 0) is 65.9 Å². The maximum absolute atomic E-state index is 15.9. The summed E-state index contributed by atoms with van der Waals surface area (Å²) in [5.74, 6) is -10.5. The average molecular weight is 1140 g/mol. The normalized spacial score (nSPS) is 17.1. The molecule has 4 N–H and O–H groups in total. The van der Waals surface area contributed by atoms with Gasteiger partial charge in [0.05, 0.1) is 40.3 Å². The third-order valence-corrected chi connectivity index (χ3v) is 15.7. The first-order valence-corrected chi connectivity index (χ1v) is 26.1. The zero-order valence-electron chi connectivity index (χ0n) is 39.4. The molecule has 18 nitrogen and oxygen atoms in total. The van der Waals surface area contributed by atoms with Crippen molar-refractivity contribution < 1.29 is 90.1 Å². The Labute approximate surface area is 428 Å². The van der Waals surface area contributed by atoms with Gasteiger partial charge in [0.15, 0.2) is 21.3 Å². The predicted molar refractivity (Wildman–Crippen MR) is 247 cm³/mol. The SMILES string of the molecule is CC(C)(C#Cc1ccc(-c2ccc(Cl)c3c(N(C(=O)N[C@@H](CC(=O)O)C(=O)O)S(C)(=O)=O)nn(CC(F)(F)F)c23)c([C@H](Cc2cc(F)cc(F)c2)NC(=O)Cn2nc(C(F)(F)F)c3c2C(F)(F)[C@@H]2CC[C@H]32)n1)S(C)(=O)=O. The van der Waals surface area contributed by atoms with Crippen molar-refractivity contribution >= 4 is 72.1 Å². The van der Waals surface area contributed by atoms with E-state index < -0.39 is 184 Å². The fraction of sp³-hybridized carbons (Fsp3) is 0.400. The Hall–Kier alpha value is -7.00. The number of pyridine rings is 1. The second kappa shape index (κ2) is 19.9. The van der Waals surface area contributed by atoms with Crippen molar-refractivity contribution in [2.24, 2.45) is 5.92 Å². The minimum absolute atomic E-state index is 0.0473. The van der Waals surface area contributed by atoms with Gasteiger partial charge in [-0.3, -0.25) is 19.0 Å². The molecule has 5 aromatic rings.